The lowest BCUT2D eigenvalue weighted by Crippen LogP contribution is -1.88. The van der Waals surface area contributed by atoms with E-state index in [1.54, 1.807) is 0 Å². The summed E-state index contributed by atoms with van der Waals surface area (Å²) in [5.74, 6) is 0. The van der Waals surface area contributed by atoms with Crippen LogP contribution in [0.5, 0.6) is 0 Å². The molecule has 20 heavy (non-hydrogen) atoms. The van der Waals surface area contributed by atoms with Crippen molar-refractivity contribution >= 4 is 5.57 Å². The molecule has 0 radical (unpaired) electrons. The van der Waals surface area contributed by atoms with Gasteiger partial charge < -0.3 is 0 Å². The van der Waals surface area contributed by atoms with Crippen molar-refractivity contribution in [2.75, 3.05) is 0 Å². The predicted octanol–water partition coefficient (Wildman–Crippen LogP) is 6.10. The topological polar surface area (TPSA) is 0 Å². The van der Waals surface area contributed by atoms with Crippen LogP contribution in [0.1, 0.15) is 57.1 Å². The highest BCUT2D eigenvalue weighted by Gasteiger charge is 2.01. The zero-order chi connectivity index (χ0) is 14.2. The highest BCUT2D eigenvalue weighted by Crippen LogP contribution is 2.22. The van der Waals surface area contributed by atoms with E-state index in [4.69, 9.17) is 0 Å². The van der Waals surface area contributed by atoms with Crippen LogP contribution in [0.15, 0.2) is 54.1 Å². The second kappa shape index (κ2) is 7.89. The summed E-state index contributed by atoms with van der Waals surface area (Å²) in [4.78, 5) is 0. The van der Waals surface area contributed by atoms with Crippen LogP contribution in [0.3, 0.4) is 0 Å². The van der Waals surface area contributed by atoms with Gasteiger partial charge in [-0.05, 0) is 48.8 Å². The van der Waals surface area contributed by atoms with Gasteiger partial charge in [-0.1, -0.05) is 74.4 Å². The van der Waals surface area contributed by atoms with Crippen LogP contribution in [-0.2, 0) is 6.42 Å². The molecule has 1 aromatic rings. The second-order valence-corrected chi connectivity index (χ2v) is 5.50. The number of hydrogen-bond acceptors (Lipinski definition) is 0. The molecule has 0 aliphatic heterocycles. The average molecular weight is 266 g/mol. The fraction of sp³-hybridized carbons (Fsp3) is 0.400. The monoisotopic (exact) mass is 266 g/mol. The van der Waals surface area contributed by atoms with Crippen LogP contribution in [0, 0.1) is 0 Å². The van der Waals surface area contributed by atoms with Gasteiger partial charge in [-0.25, -0.2) is 0 Å². The summed E-state index contributed by atoms with van der Waals surface area (Å²) < 4.78 is 0. The normalized spacial score (nSPS) is 15.3. The summed E-state index contributed by atoms with van der Waals surface area (Å²) in [5.41, 5.74) is 5.63. The molecule has 0 fully saturated rings. The molecule has 0 spiro atoms. The van der Waals surface area contributed by atoms with Crippen LogP contribution >= 0.6 is 0 Å². The Labute approximate surface area is 123 Å². The minimum absolute atomic E-state index is 1.11. The first-order valence-electron chi connectivity index (χ1n) is 8.00. The van der Waals surface area contributed by atoms with Crippen molar-refractivity contribution in [3.8, 4) is 0 Å². The number of hydrogen-bond donors (Lipinski definition) is 0. The first-order valence-corrected chi connectivity index (χ1v) is 8.00. The zero-order valence-electron chi connectivity index (χ0n) is 12.9. The molecule has 0 aromatic heterocycles. The summed E-state index contributed by atoms with van der Waals surface area (Å²) in [6, 6.07) is 9.01. The maximum Gasteiger partial charge on any atom is -0.0187 e. The van der Waals surface area contributed by atoms with Gasteiger partial charge in [0, 0.05) is 0 Å². The number of benzene rings is 1. The maximum absolute atomic E-state index is 2.40. The smallest absolute Gasteiger partial charge is 0.0187 e. The lowest BCUT2D eigenvalue weighted by Gasteiger charge is -2.09. The summed E-state index contributed by atoms with van der Waals surface area (Å²) in [6.45, 7) is 4.46. The van der Waals surface area contributed by atoms with Gasteiger partial charge in [-0.3, -0.25) is 0 Å². The third kappa shape index (κ3) is 4.23. The Balaban J connectivity index is 2.13. The SMILES string of the molecule is CCCCC1=CCCC=C(c2ccc(CC)cc2)C=C1. The van der Waals surface area contributed by atoms with E-state index in [9.17, 15) is 0 Å². The van der Waals surface area contributed by atoms with Crippen LogP contribution in [-0.4, -0.2) is 0 Å². The van der Waals surface area contributed by atoms with E-state index in [0.29, 0.717) is 0 Å². The fourth-order valence-electron chi connectivity index (χ4n) is 2.55. The minimum Gasteiger partial charge on any atom is -0.0810 e. The molecule has 106 valence electrons. The summed E-state index contributed by atoms with van der Waals surface area (Å²) in [5, 5.41) is 0. The van der Waals surface area contributed by atoms with Crippen molar-refractivity contribution in [3.05, 3.63) is 65.3 Å². The van der Waals surface area contributed by atoms with Gasteiger partial charge in [0.25, 0.3) is 0 Å². The lowest BCUT2D eigenvalue weighted by atomic mass is 9.97. The van der Waals surface area contributed by atoms with Gasteiger partial charge in [0.1, 0.15) is 0 Å². The van der Waals surface area contributed by atoms with E-state index in [0.717, 1.165) is 12.8 Å². The lowest BCUT2D eigenvalue weighted by molar-refractivity contribution is 0.793. The molecular weight excluding hydrogens is 240 g/mol. The van der Waals surface area contributed by atoms with Gasteiger partial charge in [0.2, 0.25) is 0 Å². The van der Waals surface area contributed by atoms with E-state index >= 15 is 0 Å². The minimum atomic E-state index is 1.11. The van der Waals surface area contributed by atoms with Gasteiger partial charge in [-0.2, -0.15) is 0 Å². The number of unbranched alkanes of at least 4 members (excludes halogenated alkanes) is 1. The van der Waals surface area contributed by atoms with Crippen molar-refractivity contribution in [2.45, 2.75) is 52.4 Å². The van der Waals surface area contributed by atoms with Crippen LogP contribution in [0.2, 0.25) is 0 Å². The molecule has 2 rings (SSSR count). The first kappa shape index (κ1) is 14.8. The van der Waals surface area contributed by atoms with Gasteiger partial charge in [-0.15, -0.1) is 0 Å². The molecule has 0 heterocycles. The largest absolute Gasteiger partial charge is 0.0810 e. The van der Waals surface area contributed by atoms with E-state index in [2.05, 4.69) is 62.4 Å². The molecule has 0 N–H and O–H groups in total. The number of rotatable bonds is 5. The molecule has 0 amide bonds. The quantitative estimate of drug-likeness (QED) is 0.604. The molecule has 0 bridgehead atoms. The highest BCUT2D eigenvalue weighted by molar-refractivity contribution is 5.74. The Morgan fingerprint density at radius 1 is 0.900 bits per heavy atom. The molecule has 0 nitrogen and oxygen atoms in total. The van der Waals surface area contributed by atoms with Crippen LogP contribution in [0.25, 0.3) is 5.57 Å². The summed E-state index contributed by atoms with van der Waals surface area (Å²) in [6.07, 6.45) is 16.6. The predicted molar refractivity (Wildman–Crippen MR) is 89.8 cm³/mol. The second-order valence-electron chi connectivity index (χ2n) is 5.50. The third-order valence-corrected chi connectivity index (χ3v) is 3.93. The van der Waals surface area contributed by atoms with Crippen molar-refractivity contribution in [2.24, 2.45) is 0 Å². The Hall–Kier alpha value is -1.56. The van der Waals surface area contributed by atoms with Crippen molar-refractivity contribution < 1.29 is 0 Å². The van der Waals surface area contributed by atoms with Crippen molar-refractivity contribution in [3.63, 3.8) is 0 Å². The van der Waals surface area contributed by atoms with E-state index < -0.39 is 0 Å². The van der Waals surface area contributed by atoms with Crippen molar-refractivity contribution in [1.82, 2.24) is 0 Å². The Bertz CT molecular complexity index is 497. The van der Waals surface area contributed by atoms with E-state index in [1.807, 2.05) is 0 Å². The molecule has 0 heteroatoms. The van der Waals surface area contributed by atoms with Gasteiger partial charge in [0.05, 0.1) is 0 Å². The Morgan fingerprint density at radius 3 is 2.35 bits per heavy atom. The van der Waals surface area contributed by atoms with Gasteiger partial charge >= 0.3 is 0 Å². The first-order chi connectivity index (χ1) is 9.83. The Kier molecular flexibility index (Phi) is 5.86. The van der Waals surface area contributed by atoms with Crippen LogP contribution < -0.4 is 0 Å². The standard InChI is InChI=1S/C20H26/c1-3-5-8-18-9-6-7-10-19(16-13-18)20-14-11-17(4-2)12-15-20/h9-16H,3-8H2,1-2H3. The summed E-state index contributed by atoms with van der Waals surface area (Å²) >= 11 is 0. The Morgan fingerprint density at radius 2 is 1.65 bits per heavy atom. The van der Waals surface area contributed by atoms with Gasteiger partial charge in [0.15, 0.2) is 0 Å². The molecular formula is C20H26. The third-order valence-electron chi connectivity index (χ3n) is 3.93. The van der Waals surface area contributed by atoms with Crippen LogP contribution in [0.4, 0.5) is 0 Å². The van der Waals surface area contributed by atoms with E-state index in [1.165, 1.54) is 48.0 Å². The average Bonchev–Trinajstić information content (AvgIpc) is 2.47. The molecule has 1 aliphatic rings. The van der Waals surface area contributed by atoms with E-state index in [-0.39, 0.29) is 0 Å². The molecule has 0 unspecified atom stereocenters. The molecule has 1 aromatic carbocycles. The highest BCUT2D eigenvalue weighted by atomic mass is 14.1. The van der Waals surface area contributed by atoms with Crippen molar-refractivity contribution in [1.29, 1.82) is 0 Å². The number of allylic oxidation sites excluding steroid dienone is 6. The zero-order valence-corrected chi connectivity index (χ0v) is 12.9. The number of aryl methyl sites for hydroxylation is 1. The maximum atomic E-state index is 2.40. The molecule has 0 saturated heterocycles. The fourth-order valence-corrected chi connectivity index (χ4v) is 2.55. The molecule has 1 aliphatic carbocycles. The molecule has 0 atom stereocenters. The summed E-state index contributed by atoms with van der Waals surface area (Å²) in [7, 11) is 0. The molecule has 0 saturated carbocycles.